The molecule has 4 heteroatoms. The van der Waals surface area contributed by atoms with Crippen molar-refractivity contribution < 1.29 is 9.59 Å². The van der Waals surface area contributed by atoms with Crippen LogP contribution in [-0.2, 0) is 4.79 Å². The lowest BCUT2D eigenvalue weighted by Crippen LogP contribution is -2.23. The van der Waals surface area contributed by atoms with Gasteiger partial charge in [0, 0.05) is 22.3 Å². The Kier molecular flexibility index (Phi) is 3.51. The number of amides is 1. The van der Waals surface area contributed by atoms with E-state index in [2.05, 4.69) is 10.3 Å². The monoisotopic (exact) mass is 292 g/mol. The highest BCUT2D eigenvalue weighted by Gasteiger charge is 2.22. The second-order valence-electron chi connectivity index (χ2n) is 5.32. The first-order chi connectivity index (χ1) is 10.6. The first kappa shape index (κ1) is 14.1. The number of carbonyl (C=O) groups excluding carboxylic acids is 2. The number of Topliss-reactive ketones (excluding diaryl/α,β-unsaturated/α-hetero) is 1. The summed E-state index contributed by atoms with van der Waals surface area (Å²) in [5, 5.41) is 3.41. The van der Waals surface area contributed by atoms with Crippen LogP contribution in [-0.4, -0.2) is 16.7 Å². The standard InChI is InChI=1S/C18H16N2O2/c1-11-7-9-13(10-8-11)20-18(22)17(21)16-12(2)19-15-6-4-3-5-14(15)16/h3-10,19H,1-2H3,(H,20,22). The molecule has 2 N–H and O–H groups in total. The minimum absolute atomic E-state index is 0.431. The Morgan fingerprint density at radius 2 is 1.64 bits per heavy atom. The summed E-state index contributed by atoms with van der Waals surface area (Å²) < 4.78 is 0. The van der Waals surface area contributed by atoms with E-state index in [-0.39, 0.29) is 0 Å². The fourth-order valence-electron chi connectivity index (χ4n) is 2.51. The van der Waals surface area contributed by atoms with Crippen molar-refractivity contribution in [1.82, 2.24) is 4.98 Å². The molecule has 0 unspecified atom stereocenters. The average Bonchev–Trinajstić information content (AvgIpc) is 2.84. The van der Waals surface area contributed by atoms with Crippen LogP contribution < -0.4 is 5.32 Å². The van der Waals surface area contributed by atoms with Gasteiger partial charge in [0.25, 0.3) is 11.7 Å². The van der Waals surface area contributed by atoms with Gasteiger partial charge in [-0.05, 0) is 32.0 Å². The molecule has 0 saturated carbocycles. The number of nitrogens with one attached hydrogen (secondary N) is 2. The zero-order valence-corrected chi connectivity index (χ0v) is 12.4. The van der Waals surface area contributed by atoms with Crippen molar-refractivity contribution in [3.05, 3.63) is 65.4 Å². The van der Waals surface area contributed by atoms with Gasteiger partial charge in [-0.3, -0.25) is 9.59 Å². The van der Waals surface area contributed by atoms with E-state index >= 15 is 0 Å². The number of aromatic amines is 1. The number of anilines is 1. The zero-order chi connectivity index (χ0) is 15.7. The number of carbonyl (C=O) groups is 2. The van der Waals surface area contributed by atoms with Crippen LogP contribution in [0.25, 0.3) is 10.9 Å². The van der Waals surface area contributed by atoms with Crippen LogP contribution in [0.1, 0.15) is 21.6 Å². The van der Waals surface area contributed by atoms with Gasteiger partial charge >= 0.3 is 0 Å². The second-order valence-corrected chi connectivity index (χ2v) is 5.32. The van der Waals surface area contributed by atoms with Crippen LogP contribution in [0, 0.1) is 13.8 Å². The average molecular weight is 292 g/mol. The van der Waals surface area contributed by atoms with Crippen LogP contribution in [0.4, 0.5) is 5.69 Å². The first-order valence-corrected chi connectivity index (χ1v) is 7.06. The Morgan fingerprint density at radius 3 is 2.36 bits per heavy atom. The largest absolute Gasteiger partial charge is 0.358 e. The van der Waals surface area contributed by atoms with Crippen LogP contribution in [0.15, 0.2) is 48.5 Å². The lowest BCUT2D eigenvalue weighted by Gasteiger charge is -2.05. The molecule has 4 nitrogen and oxygen atoms in total. The molecule has 1 amide bonds. The van der Waals surface area contributed by atoms with E-state index in [9.17, 15) is 9.59 Å². The van der Waals surface area contributed by atoms with E-state index in [1.54, 1.807) is 19.1 Å². The number of benzene rings is 2. The van der Waals surface area contributed by atoms with E-state index in [1.165, 1.54) is 0 Å². The van der Waals surface area contributed by atoms with Gasteiger partial charge in [-0.1, -0.05) is 35.9 Å². The van der Waals surface area contributed by atoms with Crippen LogP contribution in [0.2, 0.25) is 0 Å². The molecule has 3 rings (SSSR count). The van der Waals surface area contributed by atoms with Crippen molar-refractivity contribution in [2.45, 2.75) is 13.8 Å². The minimum atomic E-state index is -0.628. The summed E-state index contributed by atoms with van der Waals surface area (Å²) in [4.78, 5) is 27.8. The number of aryl methyl sites for hydroxylation is 2. The van der Waals surface area contributed by atoms with Crippen molar-refractivity contribution in [3.63, 3.8) is 0 Å². The topological polar surface area (TPSA) is 62.0 Å². The molecule has 0 aliphatic heterocycles. The summed E-state index contributed by atoms with van der Waals surface area (Å²) in [6, 6.07) is 14.8. The molecule has 2 aromatic carbocycles. The molecule has 22 heavy (non-hydrogen) atoms. The highest BCUT2D eigenvalue weighted by molar-refractivity contribution is 6.48. The maximum atomic E-state index is 12.5. The Morgan fingerprint density at radius 1 is 0.955 bits per heavy atom. The summed E-state index contributed by atoms with van der Waals surface area (Å²) in [7, 11) is 0. The number of hydrogen-bond donors (Lipinski definition) is 2. The van der Waals surface area contributed by atoms with Crippen LogP contribution in [0.3, 0.4) is 0 Å². The fourth-order valence-corrected chi connectivity index (χ4v) is 2.51. The summed E-state index contributed by atoms with van der Waals surface area (Å²) in [6.07, 6.45) is 0. The van der Waals surface area contributed by atoms with E-state index in [0.29, 0.717) is 16.9 Å². The lowest BCUT2D eigenvalue weighted by molar-refractivity contribution is -0.112. The predicted octanol–water partition coefficient (Wildman–Crippen LogP) is 3.61. The van der Waals surface area contributed by atoms with Gasteiger partial charge in [-0.15, -0.1) is 0 Å². The first-order valence-electron chi connectivity index (χ1n) is 7.06. The Hall–Kier alpha value is -2.88. The molecule has 110 valence electrons. The number of ketones is 1. The summed E-state index contributed by atoms with van der Waals surface area (Å²) in [5.74, 6) is -1.16. The molecule has 0 spiro atoms. The smallest absolute Gasteiger partial charge is 0.296 e. The SMILES string of the molecule is Cc1ccc(NC(=O)C(=O)c2c(C)[nH]c3ccccc23)cc1. The van der Waals surface area contributed by atoms with Gasteiger partial charge in [-0.2, -0.15) is 0 Å². The van der Waals surface area contributed by atoms with Crippen molar-refractivity contribution >= 4 is 28.3 Å². The summed E-state index contributed by atoms with van der Waals surface area (Å²) in [5.41, 5.74) is 3.69. The van der Waals surface area contributed by atoms with E-state index < -0.39 is 11.7 Å². The molecule has 0 bridgehead atoms. The molecule has 0 radical (unpaired) electrons. The molecule has 0 aliphatic carbocycles. The van der Waals surface area contributed by atoms with Gasteiger partial charge in [-0.25, -0.2) is 0 Å². The molecule has 0 fully saturated rings. The molecule has 0 atom stereocenters. The van der Waals surface area contributed by atoms with E-state index in [4.69, 9.17) is 0 Å². The number of hydrogen-bond acceptors (Lipinski definition) is 2. The Labute approximate surface area is 128 Å². The Balaban J connectivity index is 1.90. The van der Waals surface area contributed by atoms with Gasteiger partial charge < -0.3 is 10.3 Å². The number of H-pyrrole nitrogens is 1. The quantitative estimate of drug-likeness (QED) is 0.572. The molecular formula is C18H16N2O2. The molecule has 1 heterocycles. The van der Waals surface area contributed by atoms with Crippen LogP contribution >= 0.6 is 0 Å². The van der Waals surface area contributed by atoms with E-state index in [1.807, 2.05) is 43.3 Å². The van der Waals surface area contributed by atoms with Gasteiger partial charge in [0.2, 0.25) is 0 Å². The number of fused-ring (bicyclic) bond motifs is 1. The third-order valence-electron chi connectivity index (χ3n) is 3.64. The molecule has 3 aromatic rings. The Bertz CT molecular complexity index is 860. The van der Waals surface area contributed by atoms with Crippen molar-refractivity contribution in [3.8, 4) is 0 Å². The third kappa shape index (κ3) is 2.51. The number of aromatic nitrogens is 1. The van der Waals surface area contributed by atoms with Gasteiger partial charge in [0.05, 0.1) is 5.56 Å². The van der Waals surface area contributed by atoms with Crippen LogP contribution in [0.5, 0.6) is 0 Å². The third-order valence-corrected chi connectivity index (χ3v) is 3.64. The van der Waals surface area contributed by atoms with Gasteiger partial charge in [0.1, 0.15) is 0 Å². The van der Waals surface area contributed by atoms with Crippen molar-refractivity contribution in [2.24, 2.45) is 0 Å². The zero-order valence-electron chi connectivity index (χ0n) is 12.4. The predicted molar refractivity (Wildman–Crippen MR) is 87.2 cm³/mol. The summed E-state index contributed by atoms with van der Waals surface area (Å²) >= 11 is 0. The molecule has 1 aromatic heterocycles. The summed E-state index contributed by atoms with van der Waals surface area (Å²) in [6.45, 7) is 3.76. The highest BCUT2D eigenvalue weighted by atomic mass is 16.2. The van der Waals surface area contributed by atoms with E-state index in [0.717, 1.165) is 16.5 Å². The molecule has 0 saturated heterocycles. The highest BCUT2D eigenvalue weighted by Crippen LogP contribution is 2.22. The maximum Gasteiger partial charge on any atom is 0.296 e. The normalized spacial score (nSPS) is 10.6. The maximum absolute atomic E-state index is 12.5. The fraction of sp³-hybridized carbons (Fsp3) is 0.111. The van der Waals surface area contributed by atoms with Crippen molar-refractivity contribution in [1.29, 1.82) is 0 Å². The molecule has 0 aliphatic rings. The van der Waals surface area contributed by atoms with Crippen molar-refractivity contribution in [2.75, 3.05) is 5.32 Å². The minimum Gasteiger partial charge on any atom is -0.358 e. The molecular weight excluding hydrogens is 276 g/mol. The lowest BCUT2D eigenvalue weighted by atomic mass is 10.1. The number of rotatable bonds is 3. The second kappa shape index (κ2) is 5.48. The number of para-hydroxylation sites is 1. The van der Waals surface area contributed by atoms with Gasteiger partial charge in [0.15, 0.2) is 0 Å².